The van der Waals surface area contributed by atoms with Gasteiger partial charge in [-0.2, -0.15) is 0 Å². The lowest BCUT2D eigenvalue weighted by atomic mass is 10.0. The molecule has 0 radical (unpaired) electrons. The molecule has 1 aromatic carbocycles. The molecule has 6 heteroatoms. The maximum absolute atomic E-state index is 11.9. The zero-order valence-electron chi connectivity index (χ0n) is 15.5. The Morgan fingerprint density at radius 1 is 1.31 bits per heavy atom. The molecule has 0 saturated carbocycles. The van der Waals surface area contributed by atoms with E-state index in [1.54, 1.807) is 19.2 Å². The molecule has 1 amide bonds. The molecule has 0 bridgehead atoms. The Bertz CT molecular complexity index is 745. The van der Waals surface area contributed by atoms with Crippen molar-refractivity contribution in [2.24, 2.45) is 0 Å². The van der Waals surface area contributed by atoms with Crippen LogP contribution >= 0.6 is 0 Å². The van der Waals surface area contributed by atoms with Crippen molar-refractivity contribution in [3.8, 4) is 0 Å². The highest BCUT2D eigenvalue weighted by atomic mass is 16.3. The summed E-state index contributed by atoms with van der Waals surface area (Å²) >= 11 is 0. The van der Waals surface area contributed by atoms with Crippen molar-refractivity contribution in [1.82, 2.24) is 10.3 Å². The van der Waals surface area contributed by atoms with Gasteiger partial charge in [-0.15, -0.1) is 0 Å². The summed E-state index contributed by atoms with van der Waals surface area (Å²) in [5, 5.41) is 21.8. The van der Waals surface area contributed by atoms with Crippen molar-refractivity contribution < 1.29 is 15.0 Å². The number of rotatable bonds is 7. The first-order valence-corrected chi connectivity index (χ1v) is 8.32. The molecule has 0 aliphatic rings. The van der Waals surface area contributed by atoms with Gasteiger partial charge in [-0.1, -0.05) is 24.8 Å². The zero-order valence-corrected chi connectivity index (χ0v) is 15.5. The van der Waals surface area contributed by atoms with Crippen LogP contribution in [-0.2, 0) is 6.42 Å². The van der Waals surface area contributed by atoms with Crippen LogP contribution < -0.4 is 10.6 Å². The smallest absolute Gasteiger partial charge is 0.269 e. The second kappa shape index (κ2) is 11.0. The standard InChI is InChI=1S/C19H23N3O2.CH4O/c1-4-14-10-16(22-18(11-14)19(24)20-3)12-15-6-5-7-17(13(15)2)21-8-9-23;1-2/h4-7,10-11,21,23H,1,8-9,12H2,2-3H3,(H,20,24);2H,1H3. The van der Waals surface area contributed by atoms with Gasteiger partial charge in [0.2, 0.25) is 0 Å². The van der Waals surface area contributed by atoms with Crippen LogP contribution in [0, 0.1) is 6.92 Å². The average Bonchev–Trinajstić information content (AvgIpc) is 2.69. The molecule has 0 spiro atoms. The number of aliphatic hydroxyl groups is 2. The Hall–Kier alpha value is -2.70. The van der Waals surface area contributed by atoms with Crippen LogP contribution in [0.25, 0.3) is 6.08 Å². The summed E-state index contributed by atoms with van der Waals surface area (Å²) < 4.78 is 0. The number of benzene rings is 1. The van der Waals surface area contributed by atoms with Gasteiger partial charge in [-0.05, 0) is 41.8 Å². The van der Waals surface area contributed by atoms with Gasteiger partial charge in [0.25, 0.3) is 5.91 Å². The topological polar surface area (TPSA) is 94.5 Å². The van der Waals surface area contributed by atoms with Gasteiger partial charge in [0.05, 0.1) is 6.61 Å². The van der Waals surface area contributed by atoms with E-state index in [0.717, 1.165) is 35.2 Å². The normalized spacial score (nSPS) is 9.73. The van der Waals surface area contributed by atoms with Gasteiger partial charge >= 0.3 is 0 Å². The predicted molar refractivity (Wildman–Crippen MR) is 105 cm³/mol. The number of carbonyl (C=O) groups excluding carboxylic acids is 1. The monoisotopic (exact) mass is 357 g/mol. The lowest BCUT2D eigenvalue weighted by Gasteiger charge is -2.13. The number of carbonyl (C=O) groups is 1. The lowest BCUT2D eigenvalue weighted by Crippen LogP contribution is -2.20. The number of aliphatic hydroxyl groups excluding tert-OH is 2. The van der Waals surface area contributed by atoms with E-state index < -0.39 is 0 Å². The Labute approximate surface area is 154 Å². The molecule has 0 aliphatic carbocycles. The number of nitrogens with one attached hydrogen (secondary N) is 2. The van der Waals surface area contributed by atoms with E-state index in [1.807, 2.05) is 31.2 Å². The Balaban J connectivity index is 0.00000163. The predicted octanol–water partition coefficient (Wildman–Crippen LogP) is 2.00. The van der Waals surface area contributed by atoms with Crippen LogP contribution in [0.2, 0.25) is 0 Å². The van der Waals surface area contributed by atoms with Crippen molar-refractivity contribution in [2.45, 2.75) is 13.3 Å². The second-order valence-corrected chi connectivity index (χ2v) is 5.48. The molecule has 140 valence electrons. The summed E-state index contributed by atoms with van der Waals surface area (Å²) in [6.45, 7) is 6.41. The first-order chi connectivity index (χ1) is 12.6. The van der Waals surface area contributed by atoms with Gasteiger partial charge in [0.15, 0.2) is 0 Å². The highest BCUT2D eigenvalue weighted by molar-refractivity contribution is 5.92. The minimum absolute atomic E-state index is 0.0854. The van der Waals surface area contributed by atoms with E-state index in [-0.39, 0.29) is 12.5 Å². The quantitative estimate of drug-likeness (QED) is 0.608. The van der Waals surface area contributed by atoms with Gasteiger partial charge in [-0.3, -0.25) is 4.79 Å². The Morgan fingerprint density at radius 2 is 2.04 bits per heavy atom. The van der Waals surface area contributed by atoms with E-state index in [4.69, 9.17) is 10.2 Å². The largest absolute Gasteiger partial charge is 0.400 e. The van der Waals surface area contributed by atoms with E-state index >= 15 is 0 Å². The highest BCUT2D eigenvalue weighted by Crippen LogP contribution is 2.21. The summed E-state index contributed by atoms with van der Waals surface area (Å²) in [4.78, 5) is 16.3. The summed E-state index contributed by atoms with van der Waals surface area (Å²) in [5.41, 5.74) is 5.29. The third-order valence-corrected chi connectivity index (χ3v) is 3.84. The second-order valence-electron chi connectivity index (χ2n) is 5.48. The van der Waals surface area contributed by atoms with Gasteiger partial charge in [0.1, 0.15) is 5.69 Å². The fraction of sp³-hybridized carbons (Fsp3) is 0.300. The van der Waals surface area contributed by atoms with E-state index in [1.165, 1.54) is 0 Å². The molecule has 2 rings (SSSR count). The van der Waals surface area contributed by atoms with E-state index in [2.05, 4.69) is 22.2 Å². The molecule has 0 unspecified atom stereocenters. The van der Waals surface area contributed by atoms with Crippen LogP contribution in [0.3, 0.4) is 0 Å². The minimum atomic E-state index is -0.213. The van der Waals surface area contributed by atoms with Crippen molar-refractivity contribution in [3.05, 3.63) is 65.0 Å². The number of pyridine rings is 1. The number of anilines is 1. The number of amides is 1. The molecule has 2 aromatic rings. The van der Waals surface area contributed by atoms with E-state index in [0.29, 0.717) is 18.7 Å². The average molecular weight is 357 g/mol. The molecule has 4 N–H and O–H groups in total. The fourth-order valence-corrected chi connectivity index (χ4v) is 2.52. The van der Waals surface area contributed by atoms with Crippen molar-refractivity contribution in [3.63, 3.8) is 0 Å². The van der Waals surface area contributed by atoms with Gasteiger partial charge < -0.3 is 20.8 Å². The van der Waals surface area contributed by atoms with Crippen LogP contribution in [-0.4, -0.2) is 48.4 Å². The maximum Gasteiger partial charge on any atom is 0.269 e. The number of nitrogens with zero attached hydrogens (tertiary/aromatic N) is 1. The first kappa shape index (κ1) is 21.3. The molecule has 0 aliphatic heterocycles. The summed E-state index contributed by atoms with van der Waals surface area (Å²) in [7, 11) is 2.59. The molecule has 1 heterocycles. The number of hydrogen-bond donors (Lipinski definition) is 4. The highest BCUT2D eigenvalue weighted by Gasteiger charge is 2.10. The Morgan fingerprint density at radius 3 is 2.65 bits per heavy atom. The molecule has 26 heavy (non-hydrogen) atoms. The molecule has 0 atom stereocenters. The Kier molecular flexibility index (Phi) is 9.05. The SMILES string of the molecule is C=Cc1cc(Cc2cccc(NCCO)c2C)nc(C(=O)NC)c1.CO. The van der Waals surface area contributed by atoms with Crippen molar-refractivity contribution >= 4 is 17.7 Å². The van der Waals surface area contributed by atoms with Gasteiger partial charge in [0, 0.05) is 38.5 Å². The molecule has 0 fully saturated rings. The maximum atomic E-state index is 11.9. The molecule has 6 nitrogen and oxygen atoms in total. The summed E-state index contributed by atoms with van der Waals surface area (Å²) in [6.07, 6.45) is 2.33. The van der Waals surface area contributed by atoms with Crippen LogP contribution in [0.4, 0.5) is 5.69 Å². The molecular weight excluding hydrogens is 330 g/mol. The fourth-order valence-electron chi connectivity index (χ4n) is 2.52. The van der Waals surface area contributed by atoms with Crippen molar-refractivity contribution in [2.75, 3.05) is 32.6 Å². The summed E-state index contributed by atoms with van der Waals surface area (Å²) in [6, 6.07) is 9.66. The third-order valence-electron chi connectivity index (χ3n) is 3.84. The molecular formula is C20H27N3O3. The van der Waals surface area contributed by atoms with E-state index in [9.17, 15) is 4.79 Å². The number of hydrogen-bond acceptors (Lipinski definition) is 5. The number of aromatic nitrogens is 1. The van der Waals surface area contributed by atoms with Crippen molar-refractivity contribution in [1.29, 1.82) is 0 Å². The third kappa shape index (κ3) is 5.68. The summed E-state index contributed by atoms with van der Waals surface area (Å²) in [5.74, 6) is -0.213. The van der Waals surface area contributed by atoms with Crippen LogP contribution in [0.5, 0.6) is 0 Å². The zero-order chi connectivity index (χ0) is 19.5. The van der Waals surface area contributed by atoms with Crippen LogP contribution in [0.15, 0.2) is 36.9 Å². The first-order valence-electron chi connectivity index (χ1n) is 8.32. The molecule has 0 saturated heterocycles. The van der Waals surface area contributed by atoms with Gasteiger partial charge in [-0.25, -0.2) is 4.98 Å². The minimum Gasteiger partial charge on any atom is -0.400 e. The van der Waals surface area contributed by atoms with Crippen LogP contribution in [0.1, 0.15) is 32.9 Å². The lowest BCUT2D eigenvalue weighted by molar-refractivity contribution is 0.0958. The molecule has 1 aromatic heterocycles.